The van der Waals surface area contributed by atoms with E-state index in [2.05, 4.69) is 5.16 Å². The molecule has 0 aliphatic carbocycles. The molecule has 0 aliphatic heterocycles. The molecule has 7 heteroatoms. The fraction of sp³-hybridized carbons (Fsp3) is 0.143. The molecule has 0 radical (unpaired) electrons. The number of furan rings is 1. The molecule has 0 N–H and O–H groups in total. The molecular formula is C21H16ClNO5. The number of aryl methyl sites for hydroxylation is 1. The molecule has 0 spiro atoms. The molecule has 6 nitrogen and oxygen atoms in total. The van der Waals surface area contributed by atoms with Gasteiger partial charge in [-0.2, -0.15) is 0 Å². The molecule has 4 aromatic rings. The summed E-state index contributed by atoms with van der Waals surface area (Å²) in [5.41, 5.74) is 2.52. The number of hydrogen-bond donors (Lipinski definition) is 0. The van der Waals surface area contributed by atoms with Crippen molar-refractivity contribution in [1.29, 1.82) is 0 Å². The Labute approximate surface area is 165 Å². The molecule has 2 aromatic heterocycles. The molecule has 0 saturated heterocycles. The molecule has 0 atom stereocenters. The van der Waals surface area contributed by atoms with Crippen LogP contribution in [-0.4, -0.2) is 18.2 Å². The molecule has 142 valence electrons. The largest absolute Gasteiger partial charge is 0.496 e. The molecular weight excluding hydrogens is 382 g/mol. The number of hydrogen-bond acceptors (Lipinski definition) is 6. The van der Waals surface area contributed by atoms with Crippen LogP contribution in [0.5, 0.6) is 5.75 Å². The van der Waals surface area contributed by atoms with Gasteiger partial charge in [-0.05, 0) is 25.1 Å². The van der Waals surface area contributed by atoms with E-state index in [1.807, 2.05) is 30.3 Å². The number of nitrogens with zero attached hydrogens (tertiary/aromatic N) is 1. The number of para-hydroxylation sites is 2. The van der Waals surface area contributed by atoms with E-state index in [1.165, 1.54) is 0 Å². The molecule has 4 rings (SSSR count). The van der Waals surface area contributed by atoms with Crippen LogP contribution in [0, 0.1) is 6.92 Å². The Morgan fingerprint density at radius 2 is 2.00 bits per heavy atom. The van der Waals surface area contributed by atoms with Gasteiger partial charge in [-0.1, -0.05) is 41.0 Å². The van der Waals surface area contributed by atoms with Gasteiger partial charge >= 0.3 is 5.97 Å². The average molecular weight is 398 g/mol. The van der Waals surface area contributed by atoms with Gasteiger partial charge in [0.15, 0.2) is 18.0 Å². The second-order valence-electron chi connectivity index (χ2n) is 6.13. The van der Waals surface area contributed by atoms with Gasteiger partial charge in [0.1, 0.15) is 11.4 Å². The minimum atomic E-state index is -0.597. The van der Waals surface area contributed by atoms with Crippen molar-refractivity contribution in [3.8, 4) is 17.0 Å². The fourth-order valence-electron chi connectivity index (χ4n) is 2.97. The van der Waals surface area contributed by atoms with E-state index in [9.17, 15) is 4.79 Å². The second kappa shape index (κ2) is 7.40. The summed E-state index contributed by atoms with van der Waals surface area (Å²) in [4.78, 5) is 12.5. The molecule has 0 aliphatic rings. The van der Waals surface area contributed by atoms with Crippen LogP contribution >= 0.6 is 11.6 Å². The van der Waals surface area contributed by atoms with Gasteiger partial charge in [0, 0.05) is 22.6 Å². The number of aromatic nitrogens is 1. The fourth-order valence-corrected chi connectivity index (χ4v) is 3.18. The van der Waals surface area contributed by atoms with Gasteiger partial charge < -0.3 is 18.4 Å². The summed E-state index contributed by atoms with van der Waals surface area (Å²) in [6, 6.07) is 14.5. The van der Waals surface area contributed by atoms with E-state index in [-0.39, 0.29) is 12.4 Å². The summed E-state index contributed by atoms with van der Waals surface area (Å²) in [5, 5.41) is 5.24. The Hall–Kier alpha value is -3.25. The van der Waals surface area contributed by atoms with Gasteiger partial charge in [0.05, 0.1) is 12.1 Å². The summed E-state index contributed by atoms with van der Waals surface area (Å²) in [6.45, 7) is 1.71. The highest BCUT2D eigenvalue weighted by Crippen LogP contribution is 2.32. The Bertz CT molecular complexity index is 1160. The van der Waals surface area contributed by atoms with Crippen molar-refractivity contribution in [2.75, 3.05) is 7.11 Å². The van der Waals surface area contributed by atoms with E-state index < -0.39 is 5.97 Å². The zero-order valence-electron chi connectivity index (χ0n) is 15.2. The highest BCUT2D eigenvalue weighted by Gasteiger charge is 2.21. The van der Waals surface area contributed by atoms with Crippen LogP contribution in [0.1, 0.15) is 21.9 Å². The van der Waals surface area contributed by atoms with E-state index in [4.69, 9.17) is 30.0 Å². The first-order valence-corrected chi connectivity index (χ1v) is 8.90. The normalized spacial score (nSPS) is 11.0. The first kappa shape index (κ1) is 18.1. The van der Waals surface area contributed by atoms with Crippen molar-refractivity contribution in [2.45, 2.75) is 13.5 Å². The molecule has 0 saturated carbocycles. The lowest BCUT2D eigenvalue weighted by Gasteiger charge is -2.03. The third-order valence-electron chi connectivity index (χ3n) is 4.39. The standard InChI is InChI=1S/C21H16ClNO5/c1-12-14-7-5-8-16(22)20(14)27-19(12)21(24)26-11-13-10-17(23-28-13)15-6-3-4-9-18(15)25-2/h3-10H,11H2,1-2H3. The van der Waals surface area contributed by atoms with Crippen molar-refractivity contribution in [3.05, 3.63) is 70.6 Å². The highest BCUT2D eigenvalue weighted by atomic mass is 35.5. The quantitative estimate of drug-likeness (QED) is 0.419. The molecule has 0 unspecified atom stereocenters. The molecule has 0 amide bonds. The number of halogens is 1. The number of esters is 1. The van der Waals surface area contributed by atoms with E-state index in [1.54, 1.807) is 32.2 Å². The summed E-state index contributed by atoms with van der Waals surface area (Å²) in [6.07, 6.45) is 0. The predicted octanol–water partition coefficient (Wildman–Crippen LogP) is 5.42. The maximum atomic E-state index is 12.5. The first-order chi connectivity index (χ1) is 13.6. The first-order valence-electron chi connectivity index (χ1n) is 8.52. The number of fused-ring (bicyclic) bond motifs is 1. The summed E-state index contributed by atoms with van der Waals surface area (Å²) in [5.74, 6) is 0.600. The Morgan fingerprint density at radius 3 is 2.79 bits per heavy atom. The lowest BCUT2D eigenvalue weighted by atomic mass is 10.1. The summed E-state index contributed by atoms with van der Waals surface area (Å²) < 4.78 is 21.5. The van der Waals surface area contributed by atoms with E-state index in [0.717, 1.165) is 10.9 Å². The van der Waals surface area contributed by atoms with Crippen LogP contribution in [0.4, 0.5) is 0 Å². The van der Waals surface area contributed by atoms with Crippen LogP contribution in [0.2, 0.25) is 5.02 Å². The SMILES string of the molecule is COc1ccccc1-c1cc(COC(=O)c2oc3c(Cl)cccc3c2C)on1. The minimum absolute atomic E-state index is 0.0782. The third-order valence-corrected chi connectivity index (χ3v) is 4.69. The van der Waals surface area contributed by atoms with E-state index in [0.29, 0.717) is 33.4 Å². The van der Waals surface area contributed by atoms with Crippen LogP contribution in [0.3, 0.4) is 0 Å². The zero-order chi connectivity index (χ0) is 19.7. The molecule has 0 bridgehead atoms. The number of ether oxygens (including phenoxy) is 2. The molecule has 2 heterocycles. The van der Waals surface area contributed by atoms with Crippen LogP contribution in [0.15, 0.2) is 57.5 Å². The average Bonchev–Trinajstić information content (AvgIpc) is 3.32. The topological polar surface area (TPSA) is 74.7 Å². The highest BCUT2D eigenvalue weighted by molar-refractivity contribution is 6.35. The maximum absolute atomic E-state index is 12.5. The molecule has 0 fully saturated rings. The number of carbonyl (C=O) groups is 1. The minimum Gasteiger partial charge on any atom is -0.496 e. The second-order valence-corrected chi connectivity index (χ2v) is 6.53. The van der Waals surface area contributed by atoms with Gasteiger partial charge in [0.2, 0.25) is 5.76 Å². The number of methoxy groups -OCH3 is 1. The zero-order valence-corrected chi connectivity index (χ0v) is 15.9. The molecule has 2 aromatic carbocycles. The van der Waals surface area contributed by atoms with Gasteiger partial charge in [-0.3, -0.25) is 0 Å². The Kier molecular flexibility index (Phi) is 4.79. The van der Waals surface area contributed by atoms with Crippen molar-refractivity contribution >= 4 is 28.5 Å². The van der Waals surface area contributed by atoms with Crippen LogP contribution in [0.25, 0.3) is 22.2 Å². The summed E-state index contributed by atoms with van der Waals surface area (Å²) in [7, 11) is 1.59. The van der Waals surface area contributed by atoms with Crippen LogP contribution in [-0.2, 0) is 11.3 Å². The Morgan fingerprint density at radius 1 is 1.18 bits per heavy atom. The van der Waals surface area contributed by atoms with Crippen molar-refractivity contribution in [1.82, 2.24) is 5.16 Å². The maximum Gasteiger partial charge on any atom is 0.375 e. The smallest absolute Gasteiger partial charge is 0.375 e. The van der Waals surface area contributed by atoms with E-state index >= 15 is 0 Å². The predicted molar refractivity (Wildman–Crippen MR) is 104 cm³/mol. The van der Waals surface area contributed by atoms with Crippen LogP contribution < -0.4 is 4.74 Å². The number of benzene rings is 2. The lowest BCUT2D eigenvalue weighted by Crippen LogP contribution is -2.05. The number of carbonyl (C=O) groups excluding carboxylic acids is 1. The molecule has 28 heavy (non-hydrogen) atoms. The Balaban J connectivity index is 1.51. The van der Waals surface area contributed by atoms with Gasteiger partial charge in [0.25, 0.3) is 0 Å². The number of rotatable bonds is 5. The van der Waals surface area contributed by atoms with Crippen molar-refractivity contribution < 1.29 is 23.2 Å². The monoisotopic (exact) mass is 397 g/mol. The van der Waals surface area contributed by atoms with Crippen molar-refractivity contribution in [2.24, 2.45) is 0 Å². The van der Waals surface area contributed by atoms with Crippen molar-refractivity contribution in [3.63, 3.8) is 0 Å². The summed E-state index contributed by atoms with van der Waals surface area (Å²) >= 11 is 6.13. The van der Waals surface area contributed by atoms with Gasteiger partial charge in [-0.25, -0.2) is 4.79 Å². The van der Waals surface area contributed by atoms with Gasteiger partial charge in [-0.15, -0.1) is 0 Å². The third kappa shape index (κ3) is 3.23. The lowest BCUT2D eigenvalue weighted by molar-refractivity contribution is 0.0402.